The SMILES string of the molecule is Cc1ncc(C(N)Cc2cccc(F)c2Cl)s1. The molecule has 0 radical (unpaired) electrons. The van der Waals surface area contributed by atoms with Crippen molar-refractivity contribution in [1.29, 1.82) is 0 Å². The molecule has 1 atom stereocenters. The highest BCUT2D eigenvalue weighted by Crippen LogP contribution is 2.26. The molecular weight excluding hydrogens is 259 g/mol. The van der Waals surface area contributed by atoms with Gasteiger partial charge in [-0.2, -0.15) is 0 Å². The molecule has 2 N–H and O–H groups in total. The first-order valence-corrected chi connectivity index (χ1v) is 6.38. The molecule has 1 heterocycles. The van der Waals surface area contributed by atoms with Crippen molar-refractivity contribution in [3.05, 3.63) is 50.7 Å². The Balaban J connectivity index is 2.18. The molecule has 2 nitrogen and oxygen atoms in total. The van der Waals surface area contributed by atoms with Crippen molar-refractivity contribution in [2.75, 3.05) is 0 Å². The van der Waals surface area contributed by atoms with Crippen molar-refractivity contribution < 1.29 is 4.39 Å². The van der Waals surface area contributed by atoms with E-state index in [1.807, 2.05) is 6.92 Å². The second kappa shape index (κ2) is 5.12. The van der Waals surface area contributed by atoms with Gasteiger partial charge in [0.05, 0.1) is 10.0 Å². The minimum atomic E-state index is -0.406. The van der Waals surface area contributed by atoms with Gasteiger partial charge in [-0.1, -0.05) is 23.7 Å². The molecule has 0 bridgehead atoms. The van der Waals surface area contributed by atoms with Gasteiger partial charge in [0.15, 0.2) is 0 Å². The summed E-state index contributed by atoms with van der Waals surface area (Å²) in [6.45, 7) is 1.93. The second-order valence-electron chi connectivity index (χ2n) is 3.81. The third-order valence-electron chi connectivity index (χ3n) is 2.48. The number of rotatable bonds is 3. The Morgan fingerprint density at radius 2 is 2.29 bits per heavy atom. The molecular formula is C12H12ClFN2S. The van der Waals surface area contributed by atoms with Crippen molar-refractivity contribution in [3.8, 4) is 0 Å². The molecule has 0 saturated heterocycles. The number of benzene rings is 1. The van der Waals surface area contributed by atoms with Crippen LogP contribution in [0.5, 0.6) is 0 Å². The maximum atomic E-state index is 13.3. The second-order valence-corrected chi connectivity index (χ2v) is 5.45. The van der Waals surface area contributed by atoms with Gasteiger partial charge < -0.3 is 5.73 Å². The van der Waals surface area contributed by atoms with E-state index in [2.05, 4.69) is 4.98 Å². The molecule has 2 rings (SSSR count). The third kappa shape index (κ3) is 2.83. The number of thiazole rings is 1. The molecule has 2 aromatic rings. The van der Waals surface area contributed by atoms with Crippen LogP contribution in [0.3, 0.4) is 0 Å². The number of hydrogen-bond acceptors (Lipinski definition) is 3. The molecule has 0 aliphatic heterocycles. The van der Waals surface area contributed by atoms with Crippen LogP contribution in [0.15, 0.2) is 24.4 Å². The van der Waals surface area contributed by atoms with E-state index in [9.17, 15) is 4.39 Å². The summed E-state index contributed by atoms with van der Waals surface area (Å²) in [5.74, 6) is -0.406. The lowest BCUT2D eigenvalue weighted by atomic mass is 10.1. The average Bonchev–Trinajstić information content (AvgIpc) is 2.72. The minimum Gasteiger partial charge on any atom is -0.323 e. The number of nitrogens with zero attached hydrogens (tertiary/aromatic N) is 1. The fourth-order valence-electron chi connectivity index (χ4n) is 1.59. The molecule has 1 aromatic carbocycles. The van der Waals surface area contributed by atoms with Crippen LogP contribution >= 0.6 is 22.9 Å². The van der Waals surface area contributed by atoms with E-state index in [1.165, 1.54) is 6.07 Å². The van der Waals surface area contributed by atoms with Gasteiger partial charge >= 0.3 is 0 Å². The maximum absolute atomic E-state index is 13.3. The number of aryl methyl sites for hydroxylation is 1. The normalized spacial score (nSPS) is 12.7. The molecule has 0 aliphatic carbocycles. The predicted molar refractivity (Wildman–Crippen MR) is 68.9 cm³/mol. The van der Waals surface area contributed by atoms with Crippen molar-refractivity contribution in [1.82, 2.24) is 4.98 Å². The van der Waals surface area contributed by atoms with Gasteiger partial charge in [-0.05, 0) is 25.0 Å². The Kier molecular flexibility index (Phi) is 3.76. The van der Waals surface area contributed by atoms with E-state index < -0.39 is 5.82 Å². The highest BCUT2D eigenvalue weighted by atomic mass is 35.5. The first-order chi connectivity index (χ1) is 8.08. The van der Waals surface area contributed by atoms with Crippen LogP contribution in [-0.4, -0.2) is 4.98 Å². The van der Waals surface area contributed by atoms with Crippen molar-refractivity contribution in [2.24, 2.45) is 5.73 Å². The summed E-state index contributed by atoms with van der Waals surface area (Å²) in [6.07, 6.45) is 2.27. The van der Waals surface area contributed by atoms with Crippen LogP contribution in [-0.2, 0) is 6.42 Å². The largest absolute Gasteiger partial charge is 0.323 e. The number of aromatic nitrogens is 1. The smallest absolute Gasteiger partial charge is 0.142 e. The highest BCUT2D eigenvalue weighted by molar-refractivity contribution is 7.11. The minimum absolute atomic E-state index is 0.157. The van der Waals surface area contributed by atoms with Crippen molar-refractivity contribution in [2.45, 2.75) is 19.4 Å². The molecule has 0 amide bonds. The fraction of sp³-hybridized carbons (Fsp3) is 0.250. The molecule has 90 valence electrons. The van der Waals surface area contributed by atoms with Crippen LogP contribution in [0.25, 0.3) is 0 Å². The first-order valence-electron chi connectivity index (χ1n) is 5.18. The Morgan fingerprint density at radius 1 is 1.53 bits per heavy atom. The van der Waals surface area contributed by atoms with E-state index in [0.717, 1.165) is 15.4 Å². The summed E-state index contributed by atoms with van der Waals surface area (Å²) in [4.78, 5) is 5.14. The monoisotopic (exact) mass is 270 g/mol. The summed E-state index contributed by atoms with van der Waals surface area (Å²) >= 11 is 7.44. The van der Waals surface area contributed by atoms with Crippen LogP contribution in [0.4, 0.5) is 4.39 Å². The van der Waals surface area contributed by atoms with E-state index in [4.69, 9.17) is 17.3 Å². The Hall–Kier alpha value is -0.970. The topological polar surface area (TPSA) is 38.9 Å². The molecule has 5 heteroatoms. The summed E-state index contributed by atoms with van der Waals surface area (Å²) in [5.41, 5.74) is 6.78. The quantitative estimate of drug-likeness (QED) is 0.927. The lowest BCUT2D eigenvalue weighted by Crippen LogP contribution is -2.12. The predicted octanol–water partition coefficient (Wildman–Crippen LogP) is 3.49. The highest BCUT2D eigenvalue weighted by Gasteiger charge is 2.13. The van der Waals surface area contributed by atoms with Gasteiger partial charge in [-0.25, -0.2) is 9.37 Å². The number of hydrogen-bond donors (Lipinski definition) is 1. The summed E-state index contributed by atoms with van der Waals surface area (Å²) < 4.78 is 13.3. The van der Waals surface area contributed by atoms with Crippen LogP contribution in [0.1, 0.15) is 21.5 Å². The zero-order chi connectivity index (χ0) is 12.4. The Morgan fingerprint density at radius 3 is 2.94 bits per heavy atom. The molecule has 17 heavy (non-hydrogen) atoms. The molecule has 0 aliphatic rings. The number of nitrogens with two attached hydrogens (primary N) is 1. The van der Waals surface area contributed by atoms with Gasteiger partial charge in [-0.15, -0.1) is 11.3 Å². The van der Waals surface area contributed by atoms with Crippen molar-refractivity contribution in [3.63, 3.8) is 0 Å². The summed E-state index contributed by atoms with van der Waals surface area (Å²) in [7, 11) is 0. The van der Waals surface area contributed by atoms with E-state index >= 15 is 0 Å². The van der Waals surface area contributed by atoms with Gasteiger partial charge in [0, 0.05) is 17.1 Å². The lowest BCUT2D eigenvalue weighted by molar-refractivity contribution is 0.623. The fourth-order valence-corrected chi connectivity index (χ4v) is 2.58. The maximum Gasteiger partial charge on any atom is 0.142 e. The Labute approximate surface area is 108 Å². The zero-order valence-electron chi connectivity index (χ0n) is 9.28. The van der Waals surface area contributed by atoms with E-state index in [-0.39, 0.29) is 11.1 Å². The first kappa shape index (κ1) is 12.5. The molecule has 1 unspecified atom stereocenters. The third-order valence-corrected chi connectivity index (χ3v) is 3.94. The standard InChI is InChI=1S/C12H12ClFN2S/c1-7-16-6-11(17-7)10(15)5-8-3-2-4-9(14)12(8)13/h2-4,6,10H,5,15H2,1H3. The zero-order valence-corrected chi connectivity index (χ0v) is 10.9. The molecule has 0 saturated carbocycles. The van der Waals surface area contributed by atoms with E-state index in [1.54, 1.807) is 29.7 Å². The lowest BCUT2D eigenvalue weighted by Gasteiger charge is -2.10. The number of halogens is 2. The van der Waals surface area contributed by atoms with Gasteiger partial charge in [-0.3, -0.25) is 0 Å². The molecule has 1 aromatic heterocycles. The van der Waals surface area contributed by atoms with Crippen molar-refractivity contribution >= 4 is 22.9 Å². The van der Waals surface area contributed by atoms with E-state index in [0.29, 0.717) is 6.42 Å². The van der Waals surface area contributed by atoms with Crippen LogP contribution in [0, 0.1) is 12.7 Å². The Bertz CT molecular complexity index is 527. The van der Waals surface area contributed by atoms with Gasteiger partial charge in [0.2, 0.25) is 0 Å². The van der Waals surface area contributed by atoms with Crippen LogP contribution < -0.4 is 5.73 Å². The van der Waals surface area contributed by atoms with Crippen LogP contribution in [0.2, 0.25) is 5.02 Å². The van der Waals surface area contributed by atoms with Gasteiger partial charge in [0.1, 0.15) is 5.82 Å². The van der Waals surface area contributed by atoms with Gasteiger partial charge in [0.25, 0.3) is 0 Å². The average molecular weight is 271 g/mol. The summed E-state index contributed by atoms with van der Waals surface area (Å²) in [6, 6.07) is 4.58. The molecule has 0 spiro atoms. The summed E-state index contributed by atoms with van der Waals surface area (Å²) in [5, 5.41) is 1.13. The molecule has 0 fully saturated rings.